The Labute approximate surface area is 182 Å². The van der Waals surface area contributed by atoms with Crippen LogP contribution in [0.5, 0.6) is 11.5 Å². The number of hydrogen-bond donors (Lipinski definition) is 0. The lowest BCUT2D eigenvalue weighted by Crippen LogP contribution is -2.22. The second kappa shape index (κ2) is 8.24. The lowest BCUT2D eigenvalue weighted by atomic mass is 10.2. The summed E-state index contributed by atoms with van der Waals surface area (Å²) in [4.78, 5) is 18.3. The SMILES string of the molecule is Cc1ccc(OCCOc2ccccc2/C=c2\sc3nc4ccccc4n3c2=O)cc1. The zero-order valence-electron chi connectivity index (χ0n) is 16.9. The van der Waals surface area contributed by atoms with E-state index in [1.54, 1.807) is 4.40 Å². The highest BCUT2D eigenvalue weighted by Gasteiger charge is 2.11. The number of benzene rings is 3. The van der Waals surface area contributed by atoms with Crippen molar-refractivity contribution in [1.29, 1.82) is 0 Å². The molecule has 5 nitrogen and oxygen atoms in total. The second-order valence-electron chi connectivity index (χ2n) is 7.18. The zero-order chi connectivity index (χ0) is 21.2. The van der Waals surface area contributed by atoms with E-state index in [2.05, 4.69) is 4.98 Å². The van der Waals surface area contributed by atoms with Gasteiger partial charge in [-0.25, -0.2) is 9.38 Å². The highest BCUT2D eigenvalue weighted by Crippen LogP contribution is 2.20. The molecule has 0 atom stereocenters. The van der Waals surface area contributed by atoms with Gasteiger partial charge < -0.3 is 9.47 Å². The summed E-state index contributed by atoms with van der Waals surface area (Å²) in [6.45, 7) is 2.88. The van der Waals surface area contributed by atoms with Crippen molar-refractivity contribution < 1.29 is 9.47 Å². The van der Waals surface area contributed by atoms with Crippen molar-refractivity contribution >= 4 is 33.4 Å². The van der Waals surface area contributed by atoms with Gasteiger partial charge in [-0.3, -0.25) is 4.79 Å². The number of aryl methyl sites for hydroxylation is 1. The summed E-state index contributed by atoms with van der Waals surface area (Å²) >= 11 is 1.38. The van der Waals surface area contributed by atoms with Gasteiger partial charge in [-0.2, -0.15) is 0 Å². The Bertz CT molecular complexity index is 1470. The van der Waals surface area contributed by atoms with Crippen LogP contribution in [0.4, 0.5) is 0 Å². The van der Waals surface area contributed by atoms with Gasteiger partial charge in [0.15, 0.2) is 4.96 Å². The number of ether oxygens (including phenoxy) is 2. The minimum Gasteiger partial charge on any atom is -0.490 e. The van der Waals surface area contributed by atoms with Crippen molar-refractivity contribution in [2.75, 3.05) is 13.2 Å². The molecule has 0 unspecified atom stereocenters. The van der Waals surface area contributed by atoms with Crippen LogP contribution in [0.1, 0.15) is 11.1 Å². The molecule has 0 fully saturated rings. The molecule has 0 aliphatic carbocycles. The number of imidazole rings is 1. The monoisotopic (exact) mass is 428 g/mol. The Morgan fingerprint density at radius 2 is 1.68 bits per heavy atom. The molecular formula is C25H20N2O3S. The smallest absolute Gasteiger partial charge is 0.274 e. The molecule has 0 spiro atoms. The molecule has 5 aromatic rings. The molecule has 154 valence electrons. The third kappa shape index (κ3) is 3.90. The molecule has 0 aliphatic heterocycles. The molecule has 2 heterocycles. The Morgan fingerprint density at radius 1 is 0.935 bits per heavy atom. The second-order valence-corrected chi connectivity index (χ2v) is 8.19. The van der Waals surface area contributed by atoms with Crippen LogP contribution in [0, 0.1) is 6.92 Å². The van der Waals surface area contributed by atoms with Crippen LogP contribution in [0.15, 0.2) is 77.6 Å². The molecule has 0 saturated carbocycles. The molecule has 0 radical (unpaired) electrons. The van der Waals surface area contributed by atoms with Gasteiger partial charge in [0.1, 0.15) is 24.7 Å². The van der Waals surface area contributed by atoms with E-state index < -0.39 is 0 Å². The molecule has 6 heteroatoms. The van der Waals surface area contributed by atoms with Crippen molar-refractivity contribution in [2.45, 2.75) is 6.92 Å². The summed E-state index contributed by atoms with van der Waals surface area (Å²) in [5, 5.41) is 0. The third-order valence-electron chi connectivity index (χ3n) is 4.98. The van der Waals surface area contributed by atoms with Gasteiger partial charge in [0.2, 0.25) is 0 Å². The Morgan fingerprint density at radius 3 is 2.55 bits per heavy atom. The minimum atomic E-state index is -0.0637. The van der Waals surface area contributed by atoms with Crippen LogP contribution in [0.25, 0.3) is 22.1 Å². The third-order valence-corrected chi connectivity index (χ3v) is 5.95. The average molecular weight is 429 g/mol. The van der Waals surface area contributed by atoms with Gasteiger partial charge in [0.05, 0.1) is 15.6 Å². The summed E-state index contributed by atoms with van der Waals surface area (Å²) in [6.07, 6.45) is 1.87. The first-order valence-electron chi connectivity index (χ1n) is 10.0. The number of hydrogen-bond acceptors (Lipinski definition) is 5. The van der Waals surface area contributed by atoms with Gasteiger partial charge in [-0.1, -0.05) is 59.4 Å². The van der Waals surface area contributed by atoms with E-state index in [0.29, 0.717) is 28.5 Å². The van der Waals surface area contributed by atoms with Crippen LogP contribution >= 0.6 is 11.3 Å². The maximum Gasteiger partial charge on any atom is 0.274 e. The largest absolute Gasteiger partial charge is 0.490 e. The summed E-state index contributed by atoms with van der Waals surface area (Å²) in [7, 11) is 0. The van der Waals surface area contributed by atoms with Crippen LogP contribution in [0.2, 0.25) is 0 Å². The lowest BCUT2D eigenvalue weighted by Gasteiger charge is -2.10. The minimum absolute atomic E-state index is 0.0637. The molecule has 0 N–H and O–H groups in total. The Kier molecular flexibility index (Phi) is 5.14. The van der Waals surface area contributed by atoms with Crippen molar-refractivity contribution in [1.82, 2.24) is 9.38 Å². The number of rotatable bonds is 6. The van der Waals surface area contributed by atoms with Crippen LogP contribution in [-0.2, 0) is 0 Å². The molecule has 2 aromatic heterocycles. The number of aromatic nitrogens is 2. The van der Waals surface area contributed by atoms with Crippen molar-refractivity contribution in [3.63, 3.8) is 0 Å². The van der Waals surface area contributed by atoms with Crippen molar-refractivity contribution in [2.24, 2.45) is 0 Å². The first-order valence-corrected chi connectivity index (χ1v) is 10.8. The highest BCUT2D eigenvalue weighted by atomic mass is 32.1. The van der Waals surface area contributed by atoms with Gasteiger partial charge in [0.25, 0.3) is 5.56 Å². The van der Waals surface area contributed by atoms with E-state index in [0.717, 1.165) is 22.3 Å². The summed E-state index contributed by atoms with van der Waals surface area (Å²) in [6, 6.07) is 23.3. The predicted octanol–water partition coefficient (Wildman–Crippen LogP) is 4.22. The maximum absolute atomic E-state index is 13.0. The maximum atomic E-state index is 13.0. The number of fused-ring (bicyclic) bond motifs is 3. The normalized spacial score (nSPS) is 12.0. The molecular weight excluding hydrogens is 408 g/mol. The molecule has 3 aromatic carbocycles. The van der Waals surface area contributed by atoms with E-state index in [1.807, 2.05) is 85.8 Å². The predicted molar refractivity (Wildman–Crippen MR) is 124 cm³/mol. The number of nitrogens with zero attached hydrogens (tertiary/aromatic N) is 2. The van der Waals surface area contributed by atoms with E-state index >= 15 is 0 Å². The number of para-hydroxylation sites is 3. The van der Waals surface area contributed by atoms with Crippen LogP contribution in [0.3, 0.4) is 0 Å². The van der Waals surface area contributed by atoms with E-state index in [4.69, 9.17) is 9.47 Å². The Hall–Kier alpha value is -3.64. The zero-order valence-corrected chi connectivity index (χ0v) is 17.8. The van der Waals surface area contributed by atoms with Crippen LogP contribution < -0.4 is 19.6 Å². The molecule has 0 amide bonds. The molecule has 31 heavy (non-hydrogen) atoms. The fourth-order valence-corrected chi connectivity index (χ4v) is 4.41. The fourth-order valence-electron chi connectivity index (χ4n) is 3.43. The highest BCUT2D eigenvalue weighted by molar-refractivity contribution is 7.15. The van der Waals surface area contributed by atoms with Gasteiger partial charge in [0, 0.05) is 5.56 Å². The quantitative estimate of drug-likeness (QED) is 0.380. The average Bonchev–Trinajstić information content (AvgIpc) is 3.30. The number of thiazole rings is 1. The van der Waals surface area contributed by atoms with Gasteiger partial charge >= 0.3 is 0 Å². The summed E-state index contributed by atoms with van der Waals surface area (Å²) in [5.41, 5.74) is 3.64. The topological polar surface area (TPSA) is 52.8 Å². The standard InChI is InChI=1S/C25H20N2O3S/c1-17-10-12-19(13-11-17)29-14-15-30-22-9-5-2-6-18(22)16-23-24(28)27-21-8-4-3-7-20(21)26-25(27)31-23/h2-13,16H,14-15H2,1H3/b23-16-. The van der Waals surface area contributed by atoms with Gasteiger partial charge in [-0.15, -0.1) is 0 Å². The lowest BCUT2D eigenvalue weighted by molar-refractivity contribution is 0.217. The molecule has 0 bridgehead atoms. The van der Waals surface area contributed by atoms with Crippen molar-refractivity contribution in [3.8, 4) is 11.5 Å². The molecule has 5 rings (SSSR count). The first kappa shape index (κ1) is 19.3. The first-order chi connectivity index (χ1) is 15.2. The summed E-state index contributed by atoms with van der Waals surface area (Å²) < 4.78 is 14.0. The summed E-state index contributed by atoms with van der Waals surface area (Å²) in [5.74, 6) is 1.53. The van der Waals surface area contributed by atoms with Gasteiger partial charge in [-0.05, 0) is 43.3 Å². The molecule has 0 saturated heterocycles. The Balaban J connectivity index is 1.38. The van der Waals surface area contributed by atoms with E-state index in [9.17, 15) is 4.79 Å². The van der Waals surface area contributed by atoms with E-state index in [1.165, 1.54) is 16.9 Å². The van der Waals surface area contributed by atoms with E-state index in [-0.39, 0.29) is 5.56 Å². The molecule has 0 aliphatic rings. The fraction of sp³-hybridized carbons (Fsp3) is 0.120. The van der Waals surface area contributed by atoms with Crippen LogP contribution in [-0.4, -0.2) is 22.6 Å². The van der Waals surface area contributed by atoms with Crippen molar-refractivity contribution in [3.05, 3.63) is 98.8 Å².